The second kappa shape index (κ2) is 16.7. The number of urea groups is 2. The van der Waals surface area contributed by atoms with Gasteiger partial charge in [-0.05, 0) is 12.8 Å². The fourth-order valence-electron chi connectivity index (χ4n) is 2.15. The van der Waals surface area contributed by atoms with Crippen LogP contribution >= 0.6 is 0 Å². The molecule has 12 nitrogen and oxygen atoms in total. The van der Waals surface area contributed by atoms with Crippen molar-refractivity contribution < 1.29 is 36.1 Å². The minimum Gasteiger partial charge on any atom is -0.377 e. The number of carbonyl (C=O) groups excluding carboxylic acids is 2. The van der Waals surface area contributed by atoms with Gasteiger partial charge in [-0.1, -0.05) is 0 Å². The zero-order valence-electron chi connectivity index (χ0n) is 17.7. The number of carbonyl (C=O) groups is 2. The molecule has 4 amide bonds. The maximum atomic E-state index is 10.4. The molecule has 168 valence electrons. The summed E-state index contributed by atoms with van der Waals surface area (Å²) >= 11 is 0. The molecule has 6 N–H and O–H groups in total. The van der Waals surface area contributed by atoms with Gasteiger partial charge in [0.15, 0.2) is 0 Å². The van der Waals surface area contributed by atoms with Crippen LogP contribution in [0.1, 0.15) is 12.8 Å². The third-order valence-electron chi connectivity index (χ3n) is 3.78. The molecule has 0 rings (SSSR count). The zero-order valence-corrected chi connectivity index (χ0v) is 19.7. The largest absolute Gasteiger partial charge is 0.500 e. The molecule has 0 spiro atoms. The lowest BCUT2D eigenvalue weighted by Gasteiger charge is -2.24. The number of hydrogen-bond donors (Lipinski definition) is 4. The van der Waals surface area contributed by atoms with Crippen LogP contribution in [0.25, 0.3) is 0 Å². The van der Waals surface area contributed by atoms with Crippen LogP contribution in [0.2, 0.25) is 12.1 Å². The normalized spacial score (nSPS) is 11.4. The first-order chi connectivity index (χ1) is 13.2. The van der Waals surface area contributed by atoms with Crippen LogP contribution in [0.15, 0.2) is 0 Å². The number of hydrogen-bond acceptors (Lipinski definition) is 8. The first-order valence-electron chi connectivity index (χ1n) is 8.57. The van der Waals surface area contributed by atoms with Crippen LogP contribution in [0.3, 0.4) is 0 Å². The number of primary amides is 2. The van der Waals surface area contributed by atoms with Crippen LogP contribution in [-0.4, -0.2) is 85.4 Å². The van der Waals surface area contributed by atoms with E-state index in [1.165, 1.54) is 0 Å². The Morgan fingerprint density at radius 1 is 0.643 bits per heavy atom. The van der Waals surface area contributed by atoms with Crippen molar-refractivity contribution in [1.82, 2.24) is 10.6 Å². The molecular weight excluding hydrogens is 408 g/mol. The second-order valence-corrected chi connectivity index (χ2v) is 11.6. The molecule has 0 atom stereocenters. The van der Waals surface area contributed by atoms with Crippen LogP contribution in [0, 0.1) is 0 Å². The van der Waals surface area contributed by atoms with Crippen molar-refractivity contribution in [2.75, 3.05) is 55.7 Å². The minimum absolute atomic E-state index is 0.500. The summed E-state index contributed by atoms with van der Waals surface area (Å²) in [5.41, 5.74) is 9.81. The van der Waals surface area contributed by atoms with Crippen molar-refractivity contribution in [2.24, 2.45) is 11.5 Å². The lowest BCUT2D eigenvalue weighted by Crippen LogP contribution is -2.43. The van der Waals surface area contributed by atoms with E-state index in [9.17, 15) is 9.59 Å². The van der Waals surface area contributed by atoms with E-state index < -0.39 is 29.7 Å². The molecule has 0 heterocycles. The maximum Gasteiger partial charge on any atom is 0.500 e. The summed E-state index contributed by atoms with van der Waals surface area (Å²) in [5, 5.41) is 4.97. The molecule has 0 saturated carbocycles. The highest BCUT2D eigenvalue weighted by Gasteiger charge is 2.37. The topological polar surface area (TPSA) is 166 Å². The molecule has 0 aromatic carbocycles. The van der Waals surface area contributed by atoms with Gasteiger partial charge in [-0.25, -0.2) is 9.59 Å². The number of rotatable bonds is 14. The summed E-state index contributed by atoms with van der Waals surface area (Å²) in [6.07, 6.45) is 1.43. The van der Waals surface area contributed by atoms with Crippen molar-refractivity contribution in [2.45, 2.75) is 24.9 Å². The molecule has 0 saturated heterocycles. The maximum absolute atomic E-state index is 10.4. The Morgan fingerprint density at radius 3 is 1.07 bits per heavy atom. The fraction of sp³-hybridized carbons (Fsp3) is 0.857. The SMILES string of the molecule is CO[Si](CCCNC(N)=O)(OC)OC.CO[Si](CCCNC(N)=O)(OC)OC. The van der Waals surface area contributed by atoms with Gasteiger partial charge in [0.25, 0.3) is 0 Å². The Morgan fingerprint density at radius 2 is 0.893 bits per heavy atom. The molecule has 14 heteroatoms. The molecule has 0 unspecified atom stereocenters. The Hall–Kier alpha value is -1.27. The highest BCUT2D eigenvalue weighted by atomic mass is 28.4. The van der Waals surface area contributed by atoms with Crippen molar-refractivity contribution in [3.8, 4) is 0 Å². The third-order valence-corrected chi connectivity index (χ3v) is 9.45. The Balaban J connectivity index is 0. The van der Waals surface area contributed by atoms with E-state index >= 15 is 0 Å². The molecule has 0 aliphatic carbocycles. The lowest BCUT2D eigenvalue weighted by molar-refractivity contribution is 0.122. The average molecular weight is 445 g/mol. The molecule has 0 aromatic heterocycles. The quantitative estimate of drug-likeness (QED) is 0.212. The van der Waals surface area contributed by atoms with E-state index in [0.29, 0.717) is 38.0 Å². The lowest BCUT2D eigenvalue weighted by atomic mass is 10.5. The van der Waals surface area contributed by atoms with E-state index in [0.717, 1.165) is 0 Å². The summed E-state index contributed by atoms with van der Waals surface area (Å²) in [4.78, 5) is 20.7. The molecule has 0 bridgehead atoms. The van der Waals surface area contributed by atoms with Gasteiger partial charge in [-0.15, -0.1) is 0 Å². The number of nitrogens with two attached hydrogens (primary N) is 2. The first kappa shape index (κ1) is 28.9. The number of amides is 4. The van der Waals surface area contributed by atoms with E-state index in [-0.39, 0.29) is 0 Å². The van der Waals surface area contributed by atoms with Gasteiger partial charge < -0.3 is 48.7 Å². The van der Waals surface area contributed by atoms with Gasteiger partial charge in [0.1, 0.15) is 0 Å². The summed E-state index contributed by atoms with van der Waals surface area (Å²) < 4.78 is 31.2. The third kappa shape index (κ3) is 13.0. The van der Waals surface area contributed by atoms with Crippen LogP contribution in [0.4, 0.5) is 9.59 Å². The van der Waals surface area contributed by atoms with Crippen molar-refractivity contribution >= 4 is 29.7 Å². The summed E-state index contributed by atoms with van der Waals surface area (Å²) in [6, 6.07) is 0.252. The van der Waals surface area contributed by atoms with Gasteiger partial charge in [-0.3, -0.25) is 0 Å². The highest BCUT2D eigenvalue weighted by molar-refractivity contribution is 6.60. The smallest absolute Gasteiger partial charge is 0.377 e. The molecule has 0 aliphatic rings. The molecular formula is C14H36N4O8Si2. The van der Waals surface area contributed by atoms with E-state index in [4.69, 9.17) is 38.0 Å². The summed E-state index contributed by atoms with van der Waals surface area (Å²) in [7, 11) is 4.37. The predicted octanol–water partition coefficient (Wildman–Crippen LogP) is -0.154. The van der Waals surface area contributed by atoms with Gasteiger partial charge in [0.2, 0.25) is 0 Å². The molecule has 0 aromatic rings. The molecule has 0 fully saturated rings. The zero-order chi connectivity index (χ0) is 22.1. The Kier molecular flexibility index (Phi) is 17.2. The van der Waals surface area contributed by atoms with Crippen molar-refractivity contribution in [3.05, 3.63) is 0 Å². The van der Waals surface area contributed by atoms with Crippen LogP contribution in [0.5, 0.6) is 0 Å². The average Bonchev–Trinajstić information content (AvgIpc) is 2.69. The molecule has 0 aliphatic heterocycles. The van der Waals surface area contributed by atoms with Crippen molar-refractivity contribution in [1.29, 1.82) is 0 Å². The highest BCUT2D eigenvalue weighted by Crippen LogP contribution is 2.14. The van der Waals surface area contributed by atoms with Gasteiger partial charge in [0, 0.05) is 67.8 Å². The predicted molar refractivity (Wildman–Crippen MR) is 108 cm³/mol. The van der Waals surface area contributed by atoms with E-state index in [1.807, 2.05) is 0 Å². The van der Waals surface area contributed by atoms with Gasteiger partial charge in [-0.2, -0.15) is 0 Å². The fourth-order valence-corrected chi connectivity index (χ4v) is 5.59. The first-order valence-corrected chi connectivity index (χ1v) is 12.4. The minimum atomic E-state index is -2.48. The second-order valence-electron chi connectivity index (χ2n) is 5.38. The monoisotopic (exact) mass is 444 g/mol. The van der Waals surface area contributed by atoms with E-state index in [2.05, 4.69) is 10.6 Å². The Bertz CT molecular complexity index is 372. The standard InChI is InChI=1S/2C7H18N2O4Si/c2*1-11-14(12-2,13-3)6-4-5-9-7(8)10/h2*4-6H2,1-3H3,(H3,8,9,10). The summed E-state index contributed by atoms with van der Waals surface area (Å²) in [6.45, 7) is 1.00. The van der Waals surface area contributed by atoms with Crippen molar-refractivity contribution in [3.63, 3.8) is 0 Å². The summed E-state index contributed by atoms with van der Waals surface area (Å²) in [5.74, 6) is 0. The van der Waals surface area contributed by atoms with Crippen LogP contribution in [-0.2, 0) is 26.6 Å². The van der Waals surface area contributed by atoms with E-state index in [1.54, 1.807) is 42.7 Å². The van der Waals surface area contributed by atoms with Gasteiger partial charge in [0.05, 0.1) is 0 Å². The Labute approximate surface area is 169 Å². The van der Waals surface area contributed by atoms with Crippen LogP contribution < -0.4 is 22.1 Å². The molecule has 28 heavy (non-hydrogen) atoms. The molecule has 0 radical (unpaired) electrons. The number of nitrogens with one attached hydrogen (secondary N) is 2. The van der Waals surface area contributed by atoms with Gasteiger partial charge >= 0.3 is 29.7 Å².